The number of rotatable bonds is 7. The second-order valence-electron chi connectivity index (χ2n) is 6.53. The molecule has 0 atom stereocenters. The molecule has 0 bridgehead atoms. The largest absolute Gasteiger partial charge is 0.482 e. The molecular formula is C20H20ClN5O3S. The number of carbonyl (C=O) groups excluding carboxylic acids is 1. The molecule has 1 fully saturated rings. The van der Waals surface area contributed by atoms with Crippen molar-refractivity contribution in [3.05, 3.63) is 59.6 Å². The Bertz CT molecular complexity index is 979. The fourth-order valence-electron chi connectivity index (χ4n) is 3.00. The van der Waals surface area contributed by atoms with Crippen molar-refractivity contribution in [2.75, 3.05) is 36.8 Å². The van der Waals surface area contributed by atoms with E-state index >= 15 is 0 Å². The van der Waals surface area contributed by atoms with Gasteiger partial charge in [0.25, 0.3) is 11.1 Å². The van der Waals surface area contributed by atoms with Gasteiger partial charge in [0.15, 0.2) is 6.61 Å². The summed E-state index contributed by atoms with van der Waals surface area (Å²) >= 11 is 7.28. The van der Waals surface area contributed by atoms with Gasteiger partial charge in [0.2, 0.25) is 5.91 Å². The smallest absolute Gasteiger partial charge is 0.277 e. The van der Waals surface area contributed by atoms with E-state index in [0.717, 1.165) is 18.9 Å². The molecule has 2 aromatic heterocycles. The number of hydrogen-bond acceptors (Lipinski definition) is 8. The lowest BCUT2D eigenvalue weighted by Crippen LogP contribution is -2.49. The van der Waals surface area contributed by atoms with Gasteiger partial charge in [-0.1, -0.05) is 41.6 Å². The van der Waals surface area contributed by atoms with Crippen molar-refractivity contribution in [3.8, 4) is 5.75 Å². The normalized spacial score (nSPS) is 14.0. The Morgan fingerprint density at radius 3 is 2.67 bits per heavy atom. The van der Waals surface area contributed by atoms with Gasteiger partial charge in [0, 0.05) is 32.4 Å². The van der Waals surface area contributed by atoms with E-state index in [1.807, 2.05) is 35.2 Å². The maximum absolute atomic E-state index is 12.5. The average Bonchev–Trinajstić information content (AvgIpc) is 3.25. The van der Waals surface area contributed by atoms with Crippen molar-refractivity contribution in [1.82, 2.24) is 20.1 Å². The van der Waals surface area contributed by atoms with Crippen LogP contribution in [0.3, 0.4) is 0 Å². The lowest BCUT2D eigenvalue weighted by molar-refractivity contribution is -0.128. The summed E-state index contributed by atoms with van der Waals surface area (Å²) in [6.45, 7) is 2.96. The van der Waals surface area contributed by atoms with Crippen molar-refractivity contribution in [2.45, 2.75) is 11.8 Å². The summed E-state index contributed by atoms with van der Waals surface area (Å²) in [5.41, 5.74) is 0. The van der Waals surface area contributed by atoms with E-state index in [1.165, 1.54) is 11.8 Å². The second kappa shape index (κ2) is 9.82. The molecule has 0 saturated carbocycles. The highest BCUT2D eigenvalue weighted by Crippen LogP contribution is 2.24. The molecule has 0 spiro atoms. The van der Waals surface area contributed by atoms with Crippen molar-refractivity contribution in [2.24, 2.45) is 0 Å². The number of thioether (sulfide) groups is 1. The van der Waals surface area contributed by atoms with Crippen LogP contribution in [0.15, 0.2) is 58.3 Å². The summed E-state index contributed by atoms with van der Waals surface area (Å²) in [4.78, 5) is 20.9. The molecule has 3 aromatic rings. The first-order valence-corrected chi connectivity index (χ1v) is 10.8. The molecule has 30 heavy (non-hydrogen) atoms. The Hall–Kier alpha value is -2.78. The minimum Gasteiger partial charge on any atom is -0.482 e. The van der Waals surface area contributed by atoms with Gasteiger partial charge in [0.1, 0.15) is 11.6 Å². The molecule has 1 amide bonds. The van der Waals surface area contributed by atoms with E-state index in [0.29, 0.717) is 35.0 Å². The molecule has 1 aliphatic heterocycles. The monoisotopic (exact) mass is 445 g/mol. The molecule has 3 heterocycles. The molecule has 4 rings (SSSR count). The molecule has 0 N–H and O–H groups in total. The van der Waals surface area contributed by atoms with E-state index < -0.39 is 0 Å². The highest BCUT2D eigenvalue weighted by atomic mass is 35.5. The SMILES string of the molecule is O=C(CSc1nnc(COc2ccccc2Cl)o1)N1CCN(c2ccccn2)CC1. The van der Waals surface area contributed by atoms with Gasteiger partial charge < -0.3 is 19.0 Å². The van der Waals surface area contributed by atoms with Gasteiger partial charge in [-0.3, -0.25) is 4.79 Å². The number of carbonyl (C=O) groups is 1. The van der Waals surface area contributed by atoms with Crippen LogP contribution in [0.5, 0.6) is 5.75 Å². The zero-order valence-electron chi connectivity index (χ0n) is 16.1. The number of para-hydroxylation sites is 1. The summed E-state index contributed by atoms with van der Waals surface area (Å²) in [5, 5.41) is 8.77. The van der Waals surface area contributed by atoms with E-state index in [-0.39, 0.29) is 18.3 Å². The first-order valence-electron chi connectivity index (χ1n) is 9.45. The summed E-state index contributed by atoms with van der Waals surface area (Å²) in [5.74, 6) is 2.11. The number of piperazine rings is 1. The highest BCUT2D eigenvalue weighted by molar-refractivity contribution is 7.99. The minimum atomic E-state index is 0.0488. The van der Waals surface area contributed by atoms with Crippen molar-refractivity contribution >= 4 is 35.1 Å². The van der Waals surface area contributed by atoms with Crippen LogP contribution < -0.4 is 9.64 Å². The number of nitrogens with zero attached hydrogens (tertiary/aromatic N) is 5. The lowest BCUT2D eigenvalue weighted by atomic mass is 10.3. The second-order valence-corrected chi connectivity index (χ2v) is 7.86. The maximum atomic E-state index is 12.5. The topological polar surface area (TPSA) is 84.6 Å². The van der Waals surface area contributed by atoms with Crippen molar-refractivity contribution < 1.29 is 13.9 Å². The molecule has 1 aliphatic rings. The molecular weight excluding hydrogens is 426 g/mol. The summed E-state index contributed by atoms with van der Waals surface area (Å²) in [6, 6.07) is 13.0. The number of halogens is 1. The molecule has 8 nitrogen and oxygen atoms in total. The molecule has 1 saturated heterocycles. The number of ether oxygens (including phenoxy) is 1. The quantitative estimate of drug-likeness (QED) is 0.513. The molecule has 0 unspecified atom stereocenters. The Morgan fingerprint density at radius 2 is 1.90 bits per heavy atom. The molecule has 1 aromatic carbocycles. The zero-order valence-corrected chi connectivity index (χ0v) is 17.7. The number of anilines is 1. The molecule has 156 valence electrons. The Morgan fingerprint density at radius 1 is 1.10 bits per heavy atom. The first kappa shape index (κ1) is 20.5. The number of pyridine rings is 1. The van der Waals surface area contributed by atoms with Crippen LogP contribution in [-0.2, 0) is 11.4 Å². The van der Waals surface area contributed by atoms with Crippen LogP contribution in [0, 0.1) is 0 Å². The molecule has 10 heteroatoms. The predicted octanol–water partition coefficient (Wildman–Crippen LogP) is 3.14. The van der Waals surface area contributed by atoms with Crippen LogP contribution in [0.25, 0.3) is 0 Å². The number of aromatic nitrogens is 3. The third-order valence-electron chi connectivity index (χ3n) is 4.56. The first-order chi connectivity index (χ1) is 14.7. The Balaban J connectivity index is 1.21. The molecule has 0 radical (unpaired) electrons. The van der Waals surface area contributed by atoms with Gasteiger partial charge in [-0.2, -0.15) is 0 Å². The van der Waals surface area contributed by atoms with Gasteiger partial charge in [0.05, 0.1) is 10.8 Å². The minimum absolute atomic E-state index is 0.0488. The average molecular weight is 446 g/mol. The fraction of sp³-hybridized carbons (Fsp3) is 0.300. The van der Waals surface area contributed by atoms with E-state index in [4.69, 9.17) is 20.8 Å². The third kappa shape index (κ3) is 5.22. The summed E-state index contributed by atoms with van der Waals surface area (Å²) < 4.78 is 11.1. The number of benzene rings is 1. The van der Waals surface area contributed by atoms with Crippen LogP contribution >= 0.6 is 23.4 Å². The molecule has 0 aliphatic carbocycles. The zero-order chi connectivity index (χ0) is 20.8. The summed E-state index contributed by atoms with van der Waals surface area (Å²) in [6.07, 6.45) is 1.78. The van der Waals surface area contributed by atoms with Crippen molar-refractivity contribution in [1.29, 1.82) is 0 Å². The van der Waals surface area contributed by atoms with Gasteiger partial charge in [-0.15, -0.1) is 10.2 Å². The maximum Gasteiger partial charge on any atom is 0.277 e. The highest BCUT2D eigenvalue weighted by Gasteiger charge is 2.22. The van der Waals surface area contributed by atoms with Crippen LogP contribution in [0.1, 0.15) is 5.89 Å². The van der Waals surface area contributed by atoms with Gasteiger partial charge >= 0.3 is 0 Å². The van der Waals surface area contributed by atoms with Gasteiger partial charge in [-0.25, -0.2) is 4.98 Å². The van der Waals surface area contributed by atoms with Crippen molar-refractivity contribution in [3.63, 3.8) is 0 Å². The van der Waals surface area contributed by atoms with E-state index in [9.17, 15) is 4.79 Å². The van der Waals surface area contributed by atoms with Gasteiger partial charge in [-0.05, 0) is 24.3 Å². The Labute approximate surface area is 183 Å². The number of hydrogen-bond donors (Lipinski definition) is 0. The predicted molar refractivity (Wildman–Crippen MR) is 114 cm³/mol. The fourth-order valence-corrected chi connectivity index (χ4v) is 3.87. The Kier molecular flexibility index (Phi) is 6.70. The standard InChI is InChI=1S/C20H20ClN5O3S/c21-15-5-1-2-6-16(15)28-13-18-23-24-20(29-18)30-14-19(27)26-11-9-25(10-12-26)17-7-3-4-8-22-17/h1-8H,9-14H2. The third-order valence-corrected chi connectivity index (χ3v) is 5.68. The van der Waals surface area contributed by atoms with Crippen LogP contribution in [0.2, 0.25) is 5.02 Å². The van der Waals surface area contributed by atoms with Crippen LogP contribution in [-0.4, -0.2) is 57.9 Å². The lowest BCUT2D eigenvalue weighted by Gasteiger charge is -2.35. The van der Waals surface area contributed by atoms with E-state index in [2.05, 4.69) is 20.1 Å². The van der Waals surface area contributed by atoms with Crippen LogP contribution in [0.4, 0.5) is 5.82 Å². The number of amides is 1. The van der Waals surface area contributed by atoms with E-state index in [1.54, 1.807) is 18.3 Å². The summed E-state index contributed by atoms with van der Waals surface area (Å²) in [7, 11) is 0.